The van der Waals surface area contributed by atoms with Gasteiger partial charge in [0.2, 0.25) is 21.8 Å². The number of amides is 2. The minimum Gasteiger partial charge on any atom is -0.352 e. The number of halogens is 1. The van der Waals surface area contributed by atoms with E-state index in [4.69, 9.17) is 11.6 Å². The van der Waals surface area contributed by atoms with E-state index >= 15 is 0 Å². The van der Waals surface area contributed by atoms with Crippen LogP contribution in [0.5, 0.6) is 0 Å². The van der Waals surface area contributed by atoms with Crippen molar-refractivity contribution in [3.63, 3.8) is 0 Å². The molecule has 200 valence electrons. The number of carbonyl (C=O) groups excluding carboxylic acids is 2. The number of benzene rings is 2. The van der Waals surface area contributed by atoms with Gasteiger partial charge in [-0.05, 0) is 37.0 Å². The van der Waals surface area contributed by atoms with Crippen molar-refractivity contribution < 1.29 is 22.9 Å². The molecule has 0 bridgehead atoms. The largest absolute Gasteiger partial charge is 0.352 e. The second-order valence-corrected chi connectivity index (χ2v) is 11.4. The molecule has 0 aliphatic heterocycles. The Morgan fingerprint density at radius 3 is 2.43 bits per heavy atom. The van der Waals surface area contributed by atoms with Crippen molar-refractivity contribution in [2.24, 2.45) is 0 Å². The number of anilines is 1. The lowest BCUT2D eigenvalue weighted by atomic mass is 10.1. The molecule has 1 aliphatic carbocycles. The molecule has 10 nitrogen and oxygen atoms in total. The van der Waals surface area contributed by atoms with Gasteiger partial charge in [-0.25, -0.2) is 8.42 Å². The number of sulfonamides is 1. The number of nitro groups is 1. The number of hydrogen-bond donors (Lipinski definition) is 1. The number of carbonyl (C=O) groups is 2. The molecule has 1 N–H and O–H groups in total. The van der Waals surface area contributed by atoms with E-state index in [-0.39, 0.29) is 29.9 Å². The fraction of sp³-hybridized carbons (Fsp3) is 0.440. The second kappa shape index (κ2) is 12.4. The first-order valence-electron chi connectivity index (χ1n) is 12.1. The van der Waals surface area contributed by atoms with Gasteiger partial charge < -0.3 is 10.2 Å². The summed E-state index contributed by atoms with van der Waals surface area (Å²) in [7, 11) is -4.00. The Kier molecular flexibility index (Phi) is 9.50. The molecular formula is C25H31ClN4O6S. The monoisotopic (exact) mass is 550 g/mol. The number of non-ortho nitro benzene ring substituents is 1. The van der Waals surface area contributed by atoms with E-state index in [1.54, 1.807) is 31.2 Å². The van der Waals surface area contributed by atoms with Crippen LogP contribution in [0.25, 0.3) is 0 Å². The van der Waals surface area contributed by atoms with E-state index in [1.165, 1.54) is 23.1 Å². The summed E-state index contributed by atoms with van der Waals surface area (Å²) in [4.78, 5) is 38.9. The maximum atomic E-state index is 13.7. The van der Waals surface area contributed by atoms with Crippen LogP contribution in [0.2, 0.25) is 5.02 Å². The van der Waals surface area contributed by atoms with Gasteiger partial charge in [-0.3, -0.25) is 24.0 Å². The third kappa shape index (κ3) is 7.42. The number of nitrogens with one attached hydrogen (secondary N) is 1. The summed E-state index contributed by atoms with van der Waals surface area (Å²) in [5.74, 6) is -0.943. The predicted molar refractivity (Wildman–Crippen MR) is 142 cm³/mol. The minimum absolute atomic E-state index is 0.0123. The highest BCUT2D eigenvalue weighted by atomic mass is 35.5. The molecular weight excluding hydrogens is 520 g/mol. The first kappa shape index (κ1) is 28.4. The van der Waals surface area contributed by atoms with Crippen molar-refractivity contribution in [1.29, 1.82) is 0 Å². The molecule has 1 atom stereocenters. The summed E-state index contributed by atoms with van der Waals surface area (Å²) in [6.45, 7) is 1.12. The lowest BCUT2D eigenvalue weighted by Crippen LogP contribution is -2.53. The molecule has 1 saturated carbocycles. The molecule has 0 heterocycles. The zero-order valence-corrected chi connectivity index (χ0v) is 22.4. The molecule has 37 heavy (non-hydrogen) atoms. The lowest BCUT2D eigenvalue weighted by molar-refractivity contribution is -0.384. The normalized spacial score (nSPS) is 14.7. The molecule has 1 aliphatic rings. The number of nitro benzene ring substituents is 1. The van der Waals surface area contributed by atoms with E-state index in [1.807, 2.05) is 0 Å². The van der Waals surface area contributed by atoms with Crippen LogP contribution in [-0.4, -0.2) is 54.9 Å². The summed E-state index contributed by atoms with van der Waals surface area (Å²) < 4.78 is 26.2. The van der Waals surface area contributed by atoms with Crippen LogP contribution in [0.4, 0.5) is 11.4 Å². The Labute approximate surface area is 221 Å². The van der Waals surface area contributed by atoms with Gasteiger partial charge in [0.25, 0.3) is 5.69 Å². The Morgan fingerprint density at radius 2 is 1.84 bits per heavy atom. The molecule has 0 radical (unpaired) electrons. The van der Waals surface area contributed by atoms with E-state index < -0.39 is 33.4 Å². The Hall–Kier alpha value is -3.18. The number of nitrogens with zero attached hydrogens (tertiary/aromatic N) is 3. The predicted octanol–water partition coefficient (Wildman–Crippen LogP) is 3.88. The Balaban J connectivity index is 1.95. The average molecular weight is 551 g/mol. The molecule has 1 fully saturated rings. The maximum absolute atomic E-state index is 13.7. The topological polar surface area (TPSA) is 130 Å². The molecule has 2 aromatic carbocycles. The van der Waals surface area contributed by atoms with Crippen molar-refractivity contribution in [3.05, 3.63) is 69.2 Å². The molecule has 0 aromatic heterocycles. The van der Waals surface area contributed by atoms with E-state index in [0.29, 0.717) is 17.0 Å². The summed E-state index contributed by atoms with van der Waals surface area (Å²) in [5, 5.41) is 14.7. The average Bonchev–Trinajstić information content (AvgIpc) is 3.35. The van der Waals surface area contributed by atoms with Crippen molar-refractivity contribution >= 4 is 44.8 Å². The van der Waals surface area contributed by atoms with Crippen LogP contribution < -0.4 is 9.62 Å². The quantitative estimate of drug-likeness (QED) is 0.334. The highest BCUT2D eigenvalue weighted by Crippen LogP contribution is 2.25. The van der Waals surface area contributed by atoms with Gasteiger partial charge >= 0.3 is 0 Å². The van der Waals surface area contributed by atoms with Crippen LogP contribution in [0.3, 0.4) is 0 Å². The lowest BCUT2D eigenvalue weighted by Gasteiger charge is -2.33. The van der Waals surface area contributed by atoms with Crippen LogP contribution in [0.1, 0.15) is 44.6 Å². The van der Waals surface area contributed by atoms with Crippen molar-refractivity contribution in [2.45, 2.75) is 57.7 Å². The van der Waals surface area contributed by atoms with Crippen LogP contribution in [-0.2, 0) is 26.2 Å². The minimum atomic E-state index is -4.00. The van der Waals surface area contributed by atoms with Gasteiger partial charge in [-0.1, -0.05) is 55.6 Å². The molecule has 0 unspecified atom stereocenters. The first-order chi connectivity index (χ1) is 17.5. The van der Waals surface area contributed by atoms with Gasteiger partial charge in [0, 0.05) is 29.7 Å². The fourth-order valence-electron chi connectivity index (χ4n) is 4.47. The van der Waals surface area contributed by atoms with Crippen LogP contribution in [0.15, 0.2) is 48.5 Å². The Bertz CT molecular complexity index is 1250. The van der Waals surface area contributed by atoms with Gasteiger partial charge in [-0.15, -0.1) is 0 Å². The van der Waals surface area contributed by atoms with Gasteiger partial charge in [0.1, 0.15) is 12.6 Å². The summed E-state index contributed by atoms with van der Waals surface area (Å²) in [6, 6.07) is 11.1. The van der Waals surface area contributed by atoms with Crippen molar-refractivity contribution in [3.8, 4) is 0 Å². The fourth-order valence-corrected chi connectivity index (χ4v) is 5.51. The highest BCUT2D eigenvalue weighted by molar-refractivity contribution is 7.92. The van der Waals surface area contributed by atoms with E-state index in [2.05, 4.69) is 5.32 Å². The van der Waals surface area contributed by atoms with Gasteiger partial charge in [-0.2, -0.15) is 0 Å². The zero-order chi connectivity index (χ0) is 27.2. The zero-order valence-electron chi connectivity index (χ0n) is 20.8. The summed E-state index contributed by atoms with van der Waals surface area (Å²) in [6.07, 6.45) is 5.00. The molecule has 2 aromatic rings. The van der Waals surface area contributed by atoms with Gasteiger partial charge in [0.05, 0.1) is 16.9 Å². The van der Waals surface area contributed by atoms with Crippen molar-refractivity contribution in [1.82, 2.24) is 10.2 Å². The third-order valence-electron chi connectivity index (χ3n) is 6.39. The molecule has 0 saturated heterocycles. The van der Waals surface area contributed by atoms with Gasteiger partial charge in [0.15, 0.2) is 0 Å². The molecule has 3 rings (SSSR count). The summed E-state index contributed by atoms with van der Waals surface area (Å²) in [5.41, 5.74) is 0.269. The van der Waals surface area contributed by atoms with Crippen LogP contribution >= 0.6 is 11.6 Å². The second-order valence-electron chi connectivity index (χ2n) is 9.07. The molecule has 0 spiro atoms. The van der Waals surface area contributed by atoms with E-state index in [0.717, 1.165) is 42.3 Å². The number of rotatable bonds is 11. The summed E-state index contributed by atoms with van der Waals surface area (Å²) >= 11 is 6.35. The number of hydrogen-bond acceptors (Lipinski definition) is 6. The van der Waals surface area contributed by atoms with E-state index in [9.17, 15) is 28.1 Å². The molecule has 12 heteroatoms. The third-order valence-corrected chi connectivity index (χ3v) is 7.90. The van der Waals surface area contributed by atoms with Crippen molar-refractivity contribution in [2.75, 3.05) is 17.1 Å². The molecule has 2 amide bonds. The Morgan fingerprint density at radius 1 is 1.16 bits per heavy atom. The first-order valence-corrected chi connectivity index (χ1v) is 14.3. The maximum Gasteiger partial charge on any atom is 0.271 e. The standard InChI is InChI=1S/C25H31ClN4O6S/c1-3-23(25(32)27-19-10-5-6-11-19)28(16-18-9-4-7-14-22(18)26)24(31)17-29(37(2,35)36)20-12-8-13-21(15-20)30(33)34/h4,7-9,12-15,19,23H,3,5-6,10-11,16-17H2,1-2H3,(H,27,32)/t23-/m0/s1. The highest BCUT2D eigenvalue weighted by Gasteiger charge is 2.33. The SMILES string of the molecule is CC[C@@H](C(=O)NC1CCCC1)N(Cc1ccccc1Cl)C(=O)CN(c1cccc([N+](=O)[O-])c1)S(C)(=O)=O. The smallest absolute Gasteiger partial charge is 0.271 e. The van der Waals surface area contributed by atoms with Crippen LogP contribution in [0, 0.1) is 10.1 Å².